The molecule has 0 spiro atoms. The van der Waals surface area contributed by atoms with Crippen LogP contribution in [0.25, 0.3) is 0 Å². The molecule has 0 saturated carbocycles. The Morgan fingerprint density at radius 3 is 2.52 bits per heavy atom. The lowest BCUT2D eigenvalue weighted by Crippen LogP contribution is -2.42. The van der Waals surface area contributed by atoms with Gasteiger partial charge in [0.15, 0.2) is 5.96 Å². The van der Waals surface area contributed by atoms with Gasteiger partial charge in [-0.15, -0.1) is 24.0 Å². The number of amides is 1. The van der Waals surface area contributed by atoms with Gasteiger partial charge in [0.1, 0.15) is 0 Å². The van der Waals surface area contributed by atoms with Gasteiger partial charge in [-0.1, -0.05) is 37.1 Å². The summed E-state index contributed by atoms with van der Waals surface area (Å²) < 4.78 is 0. The first-order valence-corrected chi connectivity index (χ1v) is 7.92. The maximum absolute atomic E-state index is 12.0. The number of carbonyl (C=O) groups excluding carboxylic acids is 1. The smallest absolute Gasteiger partial charge is 0.252 e. The molecular formula is C16H26ClIN4O. The Balaban J connectivity index is 0.00000484. The van der Waals surface area contributed by atoms with Crippen molar-refractivity contribution in [3.05, 3.63) is 34.9 Å². The van der Waals surface area contributed by atoms with Crippen LogP contribution in [-0.2, 0) is 0 Å². The van der Waals surface area contributed by atoms with E-state index < -0.39 is 0 Å². The molecule has 0 atom stereocenters. The Bertz CT molecular complexity index is 511. The number of hydrogen-bond donors (Lipinski definition) is 2. The van der Waals surface area contributed by atoms with Crippen LogP contribution >= 0.6 is 35.6 Å². The Morgan fingerprint density at radius 2 is 1.91 bits per heavy atom. The van der Waals surface area contributed by atoms with Crippen LogP contribution < -0.4 is 10.6 Å². The highest BCUT2D eigenvalue weighted by molar-refractivity contribution is 14.0. The molecule has 1 aromatic rings. The lowest BCUT2D eigenvalue weighted by molar-refractivity contribution is 0.0954. The van der Waals surface area contributed by atoms with Crippen molar-refractivity contribution >= 4 is 47.4 Å². The third-order valence-corrected chi connectivity index (χ3v) is 3.56. The van der Waals surface area contributed by atoms with E-state index in [4.69, 9.17) is 11.6 Å². The number of nitrogens with zero attached hydrogens (tertiary/aromatic N) is 2. The molecule has 2 N–H and O–H groups in total. The highest BCUT2D eigenvalue weighted by atomic mass is 127. The summed E-state index contributed by atoms with van der Waals surface area (Å²) in [5.74, 6) is 0.669. The van der Waals surface area contributed by atoms with E-state index >= 15 is 0 Å². The van der Waals surface area contributed by atoms with Gasteiger partial charge in [0.2, 0.25) is 0 Å². The molecule has 1 aromatic carbocycles. The topological polar surface area (TPSA) is 56.7 Å². The summed E-state index contributed by atoms with van der Waals surface area (Å²) in [6, 6.07) is 7.02. The molecule has 5 nitrogen and oxygen atoms in total. The van der Waals surface area contributed by atoms with Gasteiger partial charge in [0.05, 0.1) is 10.6 Å². The van der Waals surface area contributed by atoms with Gasteiger partial charge in [0, 0.05) is 33.7 Å². The van der Waals surface area contributed by atoms with Crippen molar-refractivity contribution in [3.63, 3.8) is 0 Å². The summed E-state index contributed by atoms with van der Waals surface area (Å²) in [5.41, 5.74) is 0.494. The quantitative estimate of drug-likeness (QED) is 0.289. The number of hydrogen-bond acceptors (Lipinski definition) is 2. The average Bonchev–Trinajstić information content (AvgIpc) is 2.52. The largest absolute Gasteiger partial charge is 0.354 e. The fourth-order valence-electron chi connectivity index (χ4n) is 1.98. The molecule has 130 valence electrons. The third kappa shape index (κ3) is 7.87. The second kappa shape index (κ2) is 12.4. The first-order chi connectivity index (χ1) is 10.6. The molecule has 23 heavy (non-hydrogen) atoms. The van der Waals surface area contributed by atoms with Crippen molar-refractivity contribution in [2.75, 3.05) is 33.7 Å². The molecule has 0 fully saturated rings. The number of unbranched alkanes of at least 4 members (excludes halogenated alkanes) is 1. The van der Waals surface area contributed by atoms with Crippen LogP contribution in [0.4, 0.5) is 0 Å². The first-order valence-electron chi connectivity index (χ1n) is 7.54. The average molecular weight is 453 g/mol. The monoisotopic (exact) mass is 452 g/mol. The lowest BCUT2D eigenvalue weighted by atomic mass is 10.2. The summed E-state index contributed by atoms with van der Waals surface area (Å²) >= 11 is 5.99. The standard InChI is InChI=1S/C16H25ClN4O.HI/c1-4-5-12-21(3)16(18-2)20-11-10-19-15(22)13-8-6-7-9-14(13)17;/h6-9H,4-5,10-12H2,1-3H3,(H,18,20)(H,19,22);1H. The van der Waals surface area contributed by atoms with Crippen LogP contribution in [0.5, 0.6) is 0 Å². The molecule has 0 aliphatic heterocycles. The predicted molar refractivity (Wildman–Crippen MR) is 108 cm³/mol. The Labute approximate surface area is 160 Å². The van der Waals surface area contributed by atoms with Gasteiger partial charge in [-0.3, -0.25) is 9.79 Å². The van der Waals surface area contributed by atoms with E-state index in [9.17, 15) is 4.79 Å². The number of benzene rings is 1. The number of carbonyl (C=O) groups is 1. The van der Waals surface area contributed by atoms with E-state index in [1.807, 2.05) is 7.05 Å². The van der Waals surface area contributed by atoms with Crippen LogP contribution in [-0.4, -0.2) is 50.5 Å². The van der Waals surface area contributed by atoms with Gasteiger partial charge >= 0.3 is 0 Å². The van der Waals surface area contributed by atoms with E-state index in [0.29, 0.717) is 23.7 Å². The van der Waals surface area contributed by atoms with E-state index in [2.05, 4.69) is 27.4 Å². The van der Waals surface area contributed by atoms with Gasteiger partial charge in [0.25, 0.3) is 5.91 Å². The Kier molecular flexibility index (Phi) is 11.9. The van der Waals surface area contributed by atoms with E-state index in [0.717, 1.165) is 25.3 Å². The molecule has 1 amide bonds. The van der Waals surface area contributed by atoms with Crippen molar-refractivity contribution in [1.29, 1.82) is 0 Å². The second-order valence-corrected chi connectivity index (χ2v) is 5.39. The van der Waals surface area contributed by atoms with Crippen molar-refractivity contribution in [3.8, 4) is 0 Å². The molecule has 0 aliphatic rings. The zero-order chi connectivity index (χ0) is 16.4. The molecule has 0 aromatic heterocycles. The first kappa shape index (κ1) is 22.0. The van der Waals surface area contributed by atoms with Crippen molar-refractivity contribution in [2.24, 2.45) is 4.99 Å². The minimum atomic E-state index is -0.165. The molecule has 1 rings (SSSR count). The maximum Gasteiger partial charge on any atom is 0.252 e. The van der Waals surface area contributed by atoms with Crippen LogP contribution in [0.15, 0.2) is 29.3 Å². The maximum atomic E-state index is 12.0. The zero-order valence-corrected chi connectivity index (χ0v) is 17.0. The summed E-state index contributed by atoms with van der Waals surface area (Å²) in [7, 11) is 3.76. The van der Waals surface area contributed by atoms with Gasteiger partial charge in [-0.05, 0) is 18.6 Å². The number of aliphatic imine (C=N–C) groups is 1. The minimum absolute atomic E-state index is 0. The van der Waals surface area contributed by atoms with Crippen LogP contribution in [0.2, 0.25) is 5.02 Å². The molecule has 7 heteroatoms. The zero-order valence-electron chi connectivity index (χ0n) is 13.9. The SMILES string of the molecule is CCCCN(C)C(=NC)NCCNC(=O)c1ccccc1Cl.I. The number of halogens is 2. The van der Waals surface area contributed by atoms with E-state index in [-0.39, 0.29) is 29.9 Å². The minimum Gasteiger partial charge on any atom is -0.354 e. The fourth-order valence-corrected chi connectivity index (χ4v) is 2.20. The molecule has 0 unspecified atom stereocenters. The van der Waals surface area contributed by atoms with Gasteiger partial charge in [-0.25, -0.2) is 0 Å². The highest BCUT2D eigenvalue weighted by Crippen LogP contribution is 2.14. The predicted octanol–water partition coefficient (Wildman–Crippen LogP) is 3.00. The van der Waals surface area contributed by atoms with E-state index in [1.165, 1.54) is 0 Å². The molecule has 0 heterocycles. The highest BCUT2D eigenvalue weighted by Gasteiger charge is 2.09. The number of nitrogens with one attached hydrogen (secondary N) is 2. The van der Waals surface area contributed by atoms with Crippen LogP contribution in [0.1, 0.15) is 30.1 Å². The summed E-state index contributed by atoms with van der Waals surface area (Å²) in [4.78, 5) is 18.3. The van der Waals surface area contributed by atoms with Crippen molar-refractivity contribution < 1.29 is 4.79 Å². The van der Waals surface area contributed by atoms with Crippen molar-refractivity contribution in [2.45, 2.75) is 19.8 Å². The molecular weight excluding hydrogens is 427 g/mol. The van der Waals surface area contributed by atoms with Gasteiger partial charge in [-0.2, -0.15) is 0 Å². The molecule has 0 radical (unpaired) electrons. The number of guanidine groups is 1. The molecule has 0 aliphatic carbocycles. The Hall–Kier alpha value is -1.02. The van der Waals surface area contributed by atoms with Crippen LogP contribution in [0.3, 0.4) is 0 Å². The summed E-state index contributed by atoms with van der Waals surface area (Å²) in [6.07, 6.45) is 2.27. The number of rotatable bonds is 7. The fraction of sp³-hybridized carbons (Fsp3) is 0.500. The molecule has 0 bridgehead atoms. The lowest BCUT2D eigenvalue weighted by Gasteiger charge is -2.21. The third-order valence-electron chi connectivity index (χ3n) is 3.23. The Morgan fingerprint density at radius 1 is 1.26 bits per heavy atom. The summed E-state index contributed by atoms with van der Waals surface area (Å²) in [6.45, 7) is 4.24. The molecule has 0 saturated heterocycles. The second-order valence-electron chi connectivity index (χ2n) is 4.98. The summed E-state index contributed by atoms with van der Waals surface area (Å²) in [5, 5.41) is 6.53. The van der Waals surface area contributed by atoms with Crippen molar-refractivity contribution in [1.82, 2.24) is 15.5 Å². The van der Waals surface area contributed by atoms with E-state index in [1.54, 1.807) is 31.3 Å². The van der Waals surface area contributed by atoms with Crippen LogP contribution in [0, 0.1) is 0 Å². The normalized spacial score (nSPS) is 10.7. The van der Waals surface area contributed by atoms with Gasteiger partial charge < -0.3 is 15.5 Å².